The zero-order chi connectivity index (χ0) is 5.98. The van der Waals surface area contributed by atoms with Crippen molar-refractivity contribution in [2.45, 2.75) is 6.10 Å². The SMILES string of the molecule is C=CC1C=NC(=S)O1. The van der Waals surface area contributed by atoms with E-state index in [0.717, 1.165) is 0 Å². The van der Waals surface area contributed by atoms with Gasteiger partial charge in [0.2, 0.25) is 0 Å². The maximum Gasteiger partial charge on any atom is 0.284 e. The summed E-state index contributed by atoms with van der Waals surface area (Å²) >= 11 is 4.59. The molecule has 3 heteroatoms. The van der Waals surface area contributed by atoms with Crippen LogP contribution in [0.5, 0.6) is 0 Å². The third kappa shape index (κ3) is 0.924. The molecule has 0 aromatic carbocycles. The lowest BCUT2D eigenvalue weighted by Gasteiger charge is -1.97. The van der Waals surface area contributed by atoms with E-state index < -0.39 is 0 Å². The lowest BCUT2D eigenvalue weighted by atomic mass is 10.4. The van der Waals surface area contributed by atoms with Gasteiger partial charge in [0.1, 0.15) is 0 Å². The number of hydrogen-bond acceptors (Lipinski definition) is 2. The van der Waals surface area contributed by atoms with Gasteiger partial charge in [0.15, 0.2) is 6.10 Å². The quantitative estimate of drug-likeness (QED) is 0.386. The molecular formula is C5H5NOS. The van der Waals surface area contributed by atoms with E-state index in [2.05, 4.69) is 23.8 Å². The molecule has 1 aliphatic heterocycles. The number of nitrogens with zero attached hydrogens (tertiary/aromatic N) is 1. The molecule has 0 fully saturated rings. The summed E-state index contributed by atoms with van der Waals surface area (Å²) in [4.78, 5) is 3.70. The normalized spacial score (nSPS) is 25.5. The maximum absolute atomic E-state index is 4.90. The Morgan fingerprint density at radius 3 is 3.00 bits per heavy atom. The van der Waals surface area contributed by atoms with E-state index in [9.17, 15) is 0 Å². The predicted molar refractivity (Wildman–Crippen MR) is 36.2 cm³/mol. The van der Waals surface area contributed by atoms with Crippen molar-refractivity contribution >= 4 is 23.6 Å². The van der Waals surface area contributed by atoms with Gasteiger partial charge in [0, 0.05) is 0 Å². The van der Waals surface area contributed by atoms with Gasteiger partial charge in [-0.2, -0.15) is 0 Å². The Hall–Kier alpha value is -0.700. The first-order chi connectivity index (χ1) is 3.83. The molecule has 0 aromatic heterocycles. The van der Waals surface area contributed by atoms with Gasteiger partial charge in [0.05, 0.1) is 6.21 Å². The Bertz CT molecular complexity index is 153. The molecule has 1 atom stereocenters. The van der Waals surface area contributed by atoms with Crippen LogP contribution in [0.4, 0.5) is 0 Å². The highest BCUT2D eigenvalue weighted by Crippen LogP contribution is 2.00. The number of aliphatic imine (C=N–C) groups is 1. The fraction of sp³-hybridized carbons (Fsp3) is 0.200. The number of rotatable bonds is 1. The zero-order valence-corrected chi connectivity index (χ0v) is 5.02. The molecule has 0 aliphatic carbocycles. The van der Waals surface area contributed by atoms with Gasteiger partial charge in [-0.15, -0.1) is 0 Å². The van der Waals surface area contributed by atoms with Crippen LogP contribution in [0.15, 0.2) is 17.6 Å². The molecule has 0 spiro atoms. The summed E-state index contributed by atoms with van der Waals surface area (Å²) in [5.74, 6) is 0. The fourth-order valence-electron chi connectivity index (χ4n) is 0.421. The highest BCUT2D eigenvalue weighted by molar-refractivity contribution is 7.80. The Labute approximate surface area is 52.9 Å². The van der Waals surface area contributed by atoms with E-state index in [-0.39, 0.29) is 6.10 Å². The summed E-state index contributed by atoms with van der Waals surface area (Å²) in [6.45, 7) is 3.50. The van der Waals surface area contributed by atoms with Crippen LogP contribution in [0, 0.1) is 0 Å². The topological polar surface area (TPSA) is 21.6 Å². The molecule has 0 saturated carbocycles. The minimum atomic E-state index is -0.0949. The summed E-state index contributed by atoms with van der Waals surface area (Å²) in [5, 5.41) is 0.301. The van der Waals surface area contributed by atoms with Crippen molar-refractivity contribution in [1.29, 1.82) is 0 Å². The van der Waals surface area contributed by atoms with Gasteiger partial charge >= 0.3 is 0 Å². The van der Waals surface area contributed by atoms with Crippen molar-refractivity contribution in [1.82, 2.24) is 0 Å². The van der Waals surface area contributed by atoms with Crippen molar-refractivity contribution in [3.8, 4) is 0 Å². The van der Waals surface area contributed by atoms with Crippen LogP contribution >= 0.6 is 12.2 Å². The third-order valence-corrected chi connectivity index (χ3v) is 0.998. The first-order valence-corrected chi connectivity index (χ1v) is 2.61. The van der Waals surface area contributed by atoms with Crippen LogP contribution in [0.25, 0.3) is 0 Å². The van der Waals surface area contributed by atoms with Crippen LogP contribution in [0.2, 0.25) is 0 Å². The molecule has 1 unspecified atom stereocenters. The Balaban J connectivity index is 2.58. The molecule has 0 aromatic rings. The average Bonchev–Trinajstić information content (AvgIpc) is 2.14. The predicted octanol–water partition coefficient (Wildman–Crippen LogP) is 0.927. The van der Waals surface area contributed by atoms with Crippen molar-refractivity contribution in [2.24, 2.45) is 4.99 Å². The summed E-state index contributed by atoms with van der Waals surface area (Å²) in [7, 11) is 0. The van der Waals surface area contributed by atoms with E-state index in [1.165, 1.54) is 0 Å². The van der Waals surface area contributed by atoms with Crippen LogP contribution < -0.4 is 0 Å². The monoisotopic (exact) mass is 127 g/mol. The van der Waals surface area contributed by atoms with Gasteiger partial charge < -0.3 is 4.74 Å². The Morgan fingerprint density at radius 2 is 2.75 bits per heavy atom. The highest BCUT2D eigenvalue weighted by Gasteiger charge is 2.09. The van der Waals surface area contributed by atoms with E-state index in [4.69, 9.17) is 4.74 Å². The molecule has 42 valence electrons. The lowest BCUT2D eigenvalue weighted by molar-refractivity contribution is 0.323. The Morgan fingerprint density at radius 1 is 2.00 bits per heavy atom. The lowest BCUT2D eigenvalue weighted by Crippen LogP contribution is -2.04. The smallest absolute Gasteiger partial charge is 0.284 e. The van der Waals surface area contributed by atoms with Crippen molar-refractivity contribution in [3.63, 3.8) is 0 Å². The first-order valence-electron chi connectivity index (χ1n) is 2.20. The van der Waals surface area contributed by atoms with E-state index in [1.54, 1.807) is 12.3 Å². The number of thiocarbonyl (C=S) groups is 1. The Kier molecular flexibility index (Phi) is 1.39. The second-order valence-electron chi connectivity index (χ2n) is 1.36. The van der Waals surface area contributed by atoms with E-state index in [0.29, 0.717) is 5.17 Å². The van der Waals surface area contributed by atoms with Crippen molar-refractivity contribution < 1.29 is 4.74 Å². The molecule has 0 N–H and O–H groups in total. The second kappa shape index (κ2) is 2.05. The minimum Gasteiger partial charge on any atom is -0.456 e. The summed E-state index contributed by atoms with van der Waals surface area (Å²) < 4.78 is 4.90. The van der Waals surface area contributed by atoms with Gasteiger partial charge in [-0.1, -0.05) is 6.58 Å². The van der Waals surface area contributed by atoms with Gasteiger partial charge in [0.25, 0.3) is 5.17 Å². The first kappa shape index (κ1) is 5.44. The van der Waals surface area contributed by atoms with Crippen LogP contribution in [0.1, 0.15) is 0 Å². The summed E-state index contributed by atoms with van der Waals surface area (Å²) in [6.07, 6.45) is 3.17. The van der Waals surface area contributed by atoms with Crippen molar-refractivity contribution in [2.75, 3.05) is 0 Å². The highest BCUT2D eigenvalue weighted by atomic mass is 32.1. The number of ether oxygens (including phenoxy) is 1. The van der Waals surface area contributed by atoms with Crippen LogP contribution in [-0.4, -0.2) is 17.5 Å². The molecule has 0 saturated heterocycles. The second-order valence-corrected chi connectivity index (χ2v) is 1.71. The maximum atomic E-state index is 4.90. The van der Waals surface area contributed by atoms with E-state index in [1.807, 2.05) is 0 Å². The largest absolute Gasteiger partial charge is 0.456 e. The van der Waals surface area contributed by atoms with Crippen LogP contribution in [0.3, 0.4) is 0 Å². The molecule has 0 bridgehead atoms. The van der Waals surface area contributed by atoms with E-state index >= 15 is 0 Å². The van der Waals surface area contributed by atoms with Gasteiger partial charge in [-0.3, -0.25) is 0 Å². The third-order valence-electron chi connectivity index (χ3n) is 0.796. The molecule has 0 amide bonds. The fourth-order valence-corrected chi connectivity index (χ4v) is 0.593. The minimum absolute atomic E-state index is 0.0949. The molecule has 1 heterocycles. The van der Waals surface area contributed by atoms with Crippen molar-refractivity contribution in [3.05, 3.63) is 12.7 Å². The van der Waals surface area contributed by atoms with Gasteiger partial charge in [-0.25, -0.2) is 4.99 Å². The molecule has 1 rings (SSSR count). The summed E-state index contributed by atoms with van der Waals surface area (Å²) in [6, 6.07) is 0. The zero-order valence-electron chi connectivity index (χ0n) is 4.20. The summed E-state index contributed by atoms with van der Waals surface area (Å²) in [5.41, 5.74) is 0. The molecule has 0 radical (unpaired) electrons. The average molecular weight is 127 g/mol. The van der Waals surface area contributed by atoms with Crippen LogP contribution in [-0.2, 0) is 4.74 Å². The van der Waals surface area contributed by atoms with Gasteiger partial charge in [-0.05, 0) is 18.3 Å². The number of hydrogen-bond donors (Lipinski definition) is 0. The molecule has 2 nitrogen and oxygen atoms in total. The standard InChI is InChI=1S/C5H5NOS/c1-2-4-3-6-5(8)7-4/h2-4H,1H2. The molecule has 1 aliphatic rings. The molecule has 8 heavy (non-hydrogen) atoms. The molecular weight excluding hydrogens is 122 g/mol.